The molecule has 3 aromatic carbocycles. The Bertz CT molecular complexity index is 2410. The third-order valence-corrected chi connectivity index (χ3v) is 19.1. The summed E-state index contributed by atoms with van der Waals surface area (Å²) >= 11 is 0. The molecule has 1 saturated heterocycles. The normalized spacial score (nSPS) is 26.0. The number of amides is 3. The van der Waals surface area contributed by atoms with Crippen LogP contribution < -0.4 is 20.5 Å². The van der Waals surface area contributed by atoms with Crippen LogP contribution in [0.4, 0.5) is 4.79 Å². The molecule has 3 N–H and O–H groups in total. The van der Waals surface area contributed by atoms with Crippen LogP contribution in [-0.4, -0.2) is 81.4 Å². The maximum absolute atomic E-state index is 13.9. The van der Waals surface area contributed by atoms with Crippen molar-refractivity contribution in [3.63, 3.8) is 0 Å². The molecule has 0 aromatic heterocycles. The molecule has 1 aliphatic heterocycles. The van der Waals surface area contributed by atoms with Crippen molar-refractivity contribution in [2.24, 2.45) is 58.0 Å². The summed E-state index contributed by atoms with van der Waals surface area (Å²) in [6.07, 6.45) is 18.4. The lowest BCUT2D eigenvalue weighted by molar-refractivity contribution is -0.153. The van der Waals surface area contributed by atoms with Crippen LogP contribution >= 0.6 is 0 Å². The van der Waals surface area contributed by atoms with E-state index < -0.39 is 23.6 Å². The minimum atomic E-state index is -1.12. The highest BCUT2D eigenvalue weighted by Gasteiger charge is 2.59. The van der Waals surface area contributed by atoms with Gasteiger partial charge in [-0.1, -0.05) is 161 Å². The zero-order valence-electron chi connectivity index (χ0n) is 51.5. The van der Waals surface area contributed by atoms with Crippen molar-refractivity contribution in [3.05, 3.63) is 107 Å². The van der Waals surface area contributed by atoms with Crippen molar-refractivity contribution < 1.29 is 42.9 Å². The Kier molecular flexibility index (Phi) is 24.6. The van der Waals surface area contributed by atoms with Gasteiger partial charge in [0, 0.05) is 38.3 Å². The van der Waals surface area contributed by atoms with E-state index in [2.05, 4.69) is 59.9 Å². The fourth-order valence-electron chi connectivity index (χ4n) is 15.0. The van der Waals surface area contributed by atoms with Crippen molar-refractivity contribution in [1.82, 2.24) is 10.2 Å². The van der Waals surface area contributed by atoms with E-state index in [0.29, 0.717) is 49.3 Å². The highest BCUT2D eigenvalue weighted by Crippen LogP contribution is 2.67. The number of ether oxygens (including phenoxy) is 5. The minimum absolute atomic E-state index is 0.0443. The zero-order valence-corrected chi connectivity index (χ0v) is 51.5. The van der Waals surface area contributed by atoms with E-state index in [-0.39, 0.29) is 55.4 Å². The molecule has 10 unspecified atom stereocenters. The van der Waals surface area contributed by atoms with Crippen molar-refractivity contribution in [2.75, 3.05) is 40.5 Å². The van der Waals surface area contributed by atoms with E-state index in [1.807, 2.05) is 92.7 Å². The van der Waals surface area contributed by atoms with Gasteiger partial charge in [0.15, 0.2) is 0 Å². The summed E-state index contributed by atoms with van der Waals surface area (Å²) in [5, 5.41) is 3.00. The molecule has 8 rings (SSSR count). The van der Waals surface area contributed by atoms with Gasteiger partial charge in [-0.25, -0.2) is 4.79 Å². The SMILES string of the molecule is CC.CCC.COc1ccc(C(OCC2CN(C(=O)CCCCCNC(=O)OC3CCC4(C)C(=CCC5C4CCC4(C)C(C(C)CCCC(C)C)CCC54)C3)CC2OC(=O)CCC(N)=O)(c2ccccc2)c2ccc(OC)cc2)cc1. The molecule has 12 nitrogen and oxygen atoms in total. The van der Waals surface area contributed by atoms with E-state index >= 15 is 0 Å². The monoisotopic (exact) mass is 1120 g/mol. The molecule has 4 aliphatic carbocycles. The lowest BCUT2D eigenvalue weighted by atomic mass is 9.47. The van der Waals surface area contributed by atoms with Crippen molar-refractivity contribution in [3.8, 4) is 11.5 Å². The summed E-state index contributed by atoms with van der Waals surface area (Å²) in [6, 6.07) is 25.5. The molecule has 448 valence electrons. The molecule has 3 saturated carbocycles. The first-order valence-electron chi connectivity index (χ1n) is 31.4. The number of nitrogens with one attached hydrogen (secondary N) is 1. The number of likely N-dealkylation sites (tertiary alicyclic amines) is 1. The average Bonchev–Trinajstić information content (AvgIpc) is 4.30. The van der Waals surface area contributed by atoms with Crippen LogP contribution in [0.2, 0.25) is 0 Å². The summed E-state index contributed by atoms with van der Waals surface area (Å²) in [5.41, 5.74) is 9.04. The van der Waals surface area contributed by atoms with Gasteiger partial charge >= 0.3 is 12.1 Å². The highest BCUT2D eigenvalue weighted by molar-refractivity contribution is 5.80. The number of carbonyl (C=O) groups excluding carboxylic acids is 4. The minimum Gasteiger partial charge on any atom is -0.497 e. The number of hydrogen-bond donors (Lipinski definition) is 2. The highest BCUT2D eigenvalue weighted by atomic mass is 16.6. The van der Waals surface area contributed by atoms with Crippen molar-refractivity contribution >= 4 is 23.9 Å². The Balaban J connectivity index is 0.00000204. The molecule has 4 fully saturated rings. The number of benzene rings is 3. The lowest BCUT2D eigenvalue weighted by Crippen LogP contribution is -2.51. The number of allylic oxidation sites excluding steroid dienone is 1. The Labute approximate surface area is 487 Å². The van der Waals surface area contributed by atoms with E-state index in [4.69, 9.17) is 29.4 Å². The first kappa shape index (κ1) is 64.8. The summed E-state index contributed by atoms with van der Waals surface area (Å²) in [5.74, 6) is 4.60. The molecular weight excluding hydrogens is 1010 g/mol. The third kappa shape index (κ3) is 16.1. The second-order valence-corrected chi connectivity index (χ2v) is 24.9. The fraction of sp³-hybridized carbons (Fsp3) is 0.652. The Morgan fingerprint density at radius 1 is 0.728 bits per heavy atom. The van der Waals surface area contributed by atoms with Crippen LogP contribution in [0.15, 0.2) is 90.5 Å². The van der Waals surface area contributed by atoms with Gasteiger partial charge in [0.05, 0.1) is 33.8 Å². The second-order valence-electron chi connectivity index (χ2n) is 24.9. The quantitative estimate of drug-likeness (QED) is 0.0386. The predicted molar refractivity (Wildman–Crippen MR) is 324 cm³/mol. The first-order valence-corrected chi connectivity index (χ1v) is 31.4. The summed E-state index contributed by atoms with van der Waals surface area (Å²) in [4.78, 5) is 53.5. The summed E-state index contributed by atoms with van der Waals surface area (Å²) in [7, 11) is 3.25. The average molecular weight is 1120 g/mol. The number of rotatable bonds is 24. The number of alkyl carbamates (subject to hydrolysis) is 1. The number of nitrogens with two attached hydrogens (primary N) is 1. The third-order valence-electron chi connectivity index (χ3n) is 19.1. The van der Waals surface area contributed by atoms with Gasteiger partial charge in [-0.3, -0.25) is 14.4 Å². The maximum atomic E-state index is 13.9. The van der Waals surface area contributed by atoms with Crippen LogP contribution in [-0.2, 0) is 34.2 Å². The number of carbonyl (C=O) groups is 4. The number of methoxy groups -OCH3 is 2. The molecule has 10 atom stereocenters. The number of hydrogen-bond acceptors (Lipinski definition) is 9. The van der Waals surface area contributed by atoms with Gasteiger partial charge < -0.3 is 39.6 Å². The fourth-order valence-corrected chi connectivity index (χ4v) is 15.0. The molecular formula is C69H103N3O9. The van der Waals surface area contributed by atoms with Gasteiger partial charge in [0.1, 0.15) is 29.3 Å². The van der Waals surface area contributed by atoms with E-state index in [9.17, 15) is 19.2 Å². The van der Waals surface area contributed by atoms with Crippen LogP contribution in [0.25, 0.3) is 0 Å². The molecule has 81 heavy (non-hydrogen) atoms. The first-order chi connectivity index (χ1) is 39.0. The Morgan fingerprint density at radius 3 is 1.99 bits per heavy atom. The maximum Gasteiger partial charge on any atom is 0.407 e. The van der Waals surface area contributed by atoms with Gasteiger partial charge in [-0.15, -0.1) is 0 Å². The van der Waals surface area contributed by atoms with E-state index in [1.54, 1.807) is 19.1 Å². The topological polar surface area (TPSA) is 156 Å². The molecule has 0 radical (unpaired) electrons. The van der Waals surface area contributed by atoms with Crippen molar-refractivity contribution in [1.29, 1.82) is 0 Å². The predicted octanol–water partition coefficient (Wildman–Crippen LogP) is 14.8. The van der Waals surface area contributed by atoms with Crippen LogP contribution in [0.5, 0.6) is 11.5 Å². The molecule has 1 heterocycles. The second kappa shape index (κ2) is 30.8. The Morgan fingerprint density at radius 2 is 1.37 bits per heavy atom. The van der Waals surface area contributed by atoms with Crippen molar-refractivity contribution in [2.45, 2.75) is 196 Å². The molecule has 0 bridgehead atoms. The molecule has 12 heteroatoms. The summed E-state index contributed by atoms with van der Waals surface area (Å²) in [6.45, 7) is 21.8. The molecule has 0 spiro atoms. The smallest absolute Gasteiger partial charge is 0.407 e. The van der Waals surface area contributed by atoms with Crippen LogP contribution in [0.3, 0.4) is 0 Å². The van der Waals surface area contributed by atoms with Gasteiger partial charge in [0.25, 0.3) is 0 Å². The Hall–Kier alpha value is -5.36. The number of esters is 1. The standard InChI is InChI=1S/C64H89N3O9.C3H8.C2H6/c1-43(2)15-14-16-44(3)54-30-31-55-53-29-24-49-39-52(34-36-62(49,4)56(53)35-37-63(54,55)5)75-61(71)66-38-13-9-12-19-59(69)67-40-45(57(41-67)76-60(70)33-32-58(65)68)42-74-64(46-17-10-8-11-18-46,47-20-25-50(72-6)26-21-47)48-22-27-51(73-7)28-23-48;1-3-2;1-2/h8,10-11,17-18,20-28,43-45,52-57H,9,12-16,19,29-42H2,1-7H3,(H2,65,68)(H,66,71);3H2,1-2H3;1-2H3. The molecule has 5 aliphatic rings. The van der Waals surface area contributed by atoms with Crippen LogP contribution in [0, 0.1) is 52.3 Å². The van der Waals surface area contributed by atoms with Crippen LogP contribution in [0.1, 0.15) is 195 Å². The van der Waals surface area contributed by atoms with E-state index in [1.165, 1.54) is 63.4 Å². The number of fused-ring (bicyclic) bond motifs is 5. The number of nitrogens with zero attached hydrogens (tertiary/aromatic N) is 1. The zero-order chi connectivity index (χ0) is 58.7. The number of primary amides is 1. The van der Waals surface area contributed by atoms with Gasteiger partial charge in [-0.2, -0.15) is 0 Å². The molecule has 3 aromatic rings. The number of unbranched alkanes of at least 4 members (excludes halogenated alkanes) is 2. The van der Waals surface area contributed by atoms with E-state index in [0.717, 1.165) is 77.9 Å². The van der Waals surface area contributed by atoms with Gasteiger partial charge in [-0.05, 0) is 145 Å². The lowest BCUT2D eigenvalue weighted by Gasteiger charge is -2.58. The summed E-state index contributed by atoms with van der Waals surface area (Å²) < 4.78 is 30.3. The largest absolute Gasteiger partial charge is 0.497 e. The van der Waals surface area contributed by atoms with Gasteiger partial charge in [0.2, 0.25) is 11.8 Å². The molecule has 3 amide bonds.